The maximum absolute atomic E-state index is 12.8. The number of halogens is 1. The molecular weight excluding hydrogens is 480 g/mol. The highest BCUT2D eigenvalue weighted by Crippen LogP contribution is 2.19. The molecule has 176 valence electrons. The number of nitrogen functional groups attached to an aromatic ring is 1. The van der Waals surface area contributed by atoms with Crippen LogP contribution in [0.25, 0.3) is 5.65 Å². The molecule has 12 heteroatoms. The number of aromatic nitrogens is 7. The maximum Gasteiger partial charge on any atom is 0.274 e. The summed E-state index contributed by atoms with van der Waals surface area (Å²) in [7, 11) is 0. The lowest BCUT2D eigenvalue weighted by Crippen LogP contribution is -2.26. The van der Waals surface area contributed by atoms with Crippen LogP contribution in [0.1, 0.15) is 27.6 Å². The Kier molecular flexibility index (Phi) is 6.33. The minimum atomic E-state index is -0.532. The molecule has 0 aliphatic rings. The topological polar surface area (TPSA) is 149 Å². The zero-order chi connectivity index (χ0) is 24.9. The Morgan fingerprint density at radius 1 is 1.08 bits per heavy atom. The molecule has 5 aromatic rings. The summed E-state index contributed by atoms with van der Waals surface area (Å²) in [5.74, 6) is 6.18. The van der Waals surface area contributed by atoms with Crippen LogP contribution in [0.15, 0.2) is 67.1 Å². The fraction of sp³-hybridized carbons (Fsp3) is 0.0417. The fourth-order valence-corrected chi connectivity index (χ4v) is 3.36. The minimum Gasteiger partial charge on any atom is -0.382 e. The van der Waals surface area contributed by atoms with E-state index in [4.69, 9.17) is 17.3 Å². The minimum absolute atomic E-state index is 0.0170. The molecule has 36 heavy (non-hydrogen) atoms. The molecule has 0 fully saturated rings. The van der Waals surface area contributed by atoms with Crippen LogP contribution in [0.4, 0.5) is 17.3 Å². The summed E-state index contributed by atoms with van der Waals surface area (Å²) in [6.45, 7) is 0.0281. The lowest BCUT2D eigenvalue weighted by Gasteiger charge is -2.08. The van der Waals surface area contributed by atoms with Gasteiger partial charge in [-0.15, -0.1) is 15.3 Å². The van der Waals surface area contributed by atoms with E-state index >= 15 is 0 Å². The summed E-state index contributed by atoms with van der Waals surface area (Å²) in [4.78, 5) is 25.1. The zero-order valence-corrected chi connectivity index (χ0v) is 19.3. The number of hydrogen-bond acceptors (Lipinski definition) is 9. The van der Waals surface area contributed by atoms with Crippen LogP contribution in [0.2, 0.25) is 5.02 Å². The average molecular weight is 497 g/mol. The number of carbonyl (C=O) groups is 1. The predicted molar refractivity (Wildman–Crippen MR) is 133 cm³/mol. The molecule has 4 N–H and O–H groups in total. The molecule has 1 amide bonds. The van der Waals surface area contributed by atoms with Crippen LogP contribution in [0.5, 0.6) is 0 Å². The molecule has 1 aromatic carbocycles. The quantitative estimate of drug-likeness (QED) is 0.312. The van der Waals surface area contributed by atoms with E-state index in [1.807, 2.05) is 18.2 Å². The number of fused-ring (bicyclic) bond motifs is 1. The van der Waals surface area contributed by atoms with Crippen LogP contribution in [0, 0.1) is 11.8 Å². The number of nitrogens with one attached hydrogen (secondary N) is 2. The molecule has 0 saturated heterocycles. The van der Waals surface area contributed by atoms with E-state index in [-0.39, 0.29) is 18.1 Å². The first-order valence-electron chi connectivity index (χ1n) is 10.6. The first-order chi connectivity index (χ1) is 17.5. The Labute approximate surface area is 209 Å². The summed E-state index contributed by atoms with van der Waals surface area (Å²) >= 11 is 6.05. The zero-order valence-electron chi connectivity index (χ0n) is 18.6. The Bertz CT molecular complexity index is 1620. The second kappa shape index (κ2) is 10.0. The van der Waals surface area contributed by atoms with Gasteiger partial charge in [0, 0.05) is 28.7 Å². The SMILES string of the molecule is Nc1ncc(C#Cc2cccnc2)nc1C(=O)NCc1nnc2ccc(Nc3cccc(Cl)c3)nn12. The normalized spacial score (nSPS) is 10.5. The molecular formula is C24H17ClN10O. The molecule has 0 spiro atoms. The molecule has 0 radical (unpaired) electrons. The Morgan fingerprint density at radius 2 is 2.00 bits per heavy atom. The number of pyridine rings is 1. The van der Waals surface area contributed by atoms with E-state index in [9.17, 15) is 4.79 Å². The summed E-state index contributed by atoms with van der Waals surface area (Å²) in [5.41, 5.74) is 8.14. The number of nitrogens with two attached hydrogens (primary N) is 1. The number of rotatable bonds is 5. The van der Waals surface area contributed by atoms with Gasteiger partial charge in [-0.2, -0.15) is 4.52 Å². The third-order valence-corrected chi connectivity index (χ3v) is 5.08. The smallest absolute Gasteiger partial charge is 0.274 e. The second-order valence-electron chi connectivity index (χ2n) is 7.40. The number of nitrogens with zero attached hydrogens (tertiary/aromatic N) is 7. The lowest BCUT2D eigenvalue weighted by molar-refractivity contribution is 0.0945. The van der Waals surface area contributed by atoms with Crippen molar-refractivity contribution < 1.29 is 4.79 Å². The first kappa shape index (κ1) is 22.7. The van der Waals surface area contributed by atoms with Gasteiger partial charge in [0.2, 0.25) is 0 Å². The van der Waals surface area contributed by atoms with Crippen LogP contribution in [-0.2, 0) is 6.54 Å². The van der Waals surface area contributed by atoms with Crippen molar-refractivity contribution in [2.45, 2.75) is 6.54 Å². The monoisotopic (exact) mass is 496 g/mol. The third kappa shape index (κ3) is 5.19. The van der Waals surface area contributed by atoms with Gasteiger partial charge in [-0.1, -0.05) is 23.6 Å². The van der Waals surface area contributed by atoms with E-state index in [2.05, 4.69) is 52.7 Å². The van der Waals surface area contributed by atoms with Gasteiger partial charge in [0.15, 0.2) is 28.8 Å². The van der Waals surface area contributed by atoms with Crippen LogP contribution < -0.4 is 16.4 Å². The molecule has 5 rings (SSSR count). The Hall–Kier alpha value is -5.08. The van der Waals surface area contributed by atoms with Crippen molar-refractivity contribution in [3.8, 4) is 11.8 Å². The van der Waals surface area contributed by atoms with Gasteiger partial charge in [0.1, 0.15) is 5.69 Å². The highest BCUT2D eigenvalue weighted by atomic mass is 35.5. The van der Waals surface area contributed by atoms with E-state index < -0.39 is 5.91 Å². The number of hydrogen-bond donors (Lipinski definition) is 3. The van der Waals surface area contributed by atoms with E-state index in [1.54, 1.807) is 42.7 Å². The van der Waals surface area contributed by atoms with Crippen molar-refractivity contribution in [2.24, 2.45) is 0 Å². The molecule has 0 atom stereocenters. The highest BCUT2D eigenvalue weighted by Gasteiger charge is 2.15. The Balaban J connectivity index is 1.31. The van der Waals surface area contributed by atoms with E-state index in [0.29, 0.717) is 33.6 Å². The number of benzene rings is 1. The number of amides is 1. The fourth-order valence-electron chi connectivity index (χ4n) is 3.17. The lowest BCUT2D eigenvalue weighted by atomic mass is 10.3. The molecule has 0 aliphatic carbocycles. The number of carbonyl (C=O) groups excluding carboxylic acids is 1. The Morgan fingerprint density at radius 3 is 2.83 bits per heavy atom. The van der Waals surface area contributed by atoms with Crippen LogP contribution >= 0.6 is 11.6 Å². The van der Waals surface area contributed by atoms with Crippen LogP contribution in [0.3, 0.4) is 0 Å². The highest BCUT2D eigenvalue weighted by molar-refractivity contribution is 6.30. The largest absolute Gasteiger partial charge is 0.382 e. The predicted octanol–water partition coefficient (Wildman–Crippen LogP) is 2.62. The van der Waals surface area contributed by atoms with Crippen molar-refractivity contribution in [3.05, 3.63) is 94.9 Å². The molecule has 0 aliphatic heterocycles. The van der Waals surface area contributed by atoms with Crippen molar-refractivity contribution in [2.75, 3.05) is 11.1 Å². The standard InChI is InChI=1S/C24H17ClN10O/c25-16-4-1-5-17(11-16)30-19-8-9-20-32-33-21(35(20)34-19)14-29-24(36)22-23(26)28-13-18(31-22)7-6-15-3-2-10-27-12-15/h1-5,8-13H,14H2,(H2,26,28)(H,29,36)(H,30,34). The molecule has 0 saturated carbocycles. The summed E-state index contributed by atoms with van der Waals surface area (Å²) in [5, 5.41) is 19.2. The van der Waals surface area contributed by atoms with Crippen LogP contribution in [-0.4, -0.2) is 40.7 Å². The second-order valence-corrected chi connectivity index (χ2v) is 7.84. The third-order valence-electron chi connectivity index (χ3n) is 4.84. The van der Waals surface area contributed by atoms with Gasteiger partial charge in [0.25, 0.3) is 5.91 Å². The molecule has 4 aromatic heterocycles. The molecule has 11 nitrogen and oxygen atoms in total. The maximum atomic E-state index is 12.8. The van der Waals surface area contributed by atoms with E-state index in [1.165, 1.54) is 10.7 Å². The summed E-state index contributed by atoms with van der Waals surface area (Å²) in [6, 6.07) is 14.4. The van der Waals surface area contributed by atoms with E-state index in [0.717, 1.165) is 5.69 Å². The van der Waals surface area contributed by atoms with Gasteiger partial charge in [-0.3, -0.25) is 9.78 Å². The van der Waals surface area contributed by atoms with Gasteiger partial charge < -0.3 is 16.4 Å². The molecule has 0 unspecified atom stereocenters. The van der Waals surface area contributed by atoms with Crippen molar-refractivity contribution in [1.82, 2.24) is 40.1 Å². The van der Waals surface area contributed by atoms with Crippen molar-refractivity contribution >= 4 is 40.5 Å². The number of anilines is 3. The summed E-state index contributed by atoms with van der Waals surface area (Å²) < 4.78 is 1.53. The van der Waals surface area contributed by atoms with Crippen molar-refractivity contribution in [3.63, 3.8) is 0 Å². The molecule has 0 bridgehead atoms. The van der Waals surface area contributed by atoms with Gasteiger partial charge in [-0.25, -0.2) is 9.97 Å². The average Bonchev–Trinajstić information content (AvgIpc) is 3.29. The van der Waals surface area contributed by atoms with Crippen molar-refractivity contribution in [1.29, 1.82) is 0 Å². The summed E-state index contributed by atoms with van der Waals surface area (Å²) in [6.07, 6.45) is 4.68. The first-order valence-corrected chi connectivity index (χ1v) is 11.0. The van der Waals surface area contributed by atoms with Gasteiger partial charge in [-0.05, 0) is 48.4 Å². The molecule has 4 heterocycles. The van der Waals surface area contributed by atoms with Gasteiger partial charge in [0.05, 0.1) is 12.7 Å². The van der Waals surface area contributed by atoms with Gasteiger partial charge >= 0.3 is 0 Å².